The molecule has 0 aliphatic carbocycles. The van der Waals surface area contributed by atoms with Gasteiger partial charge in [-0.3, -0.25) is 0 Å². The fourth-order valence-electron chi connectivity index (χ4n) is 1.46. The zero-order valence-corrected chi connectivity index (χ0v) is 13.5. The van der Waals surface area contributed by atoms with E-state index in [0.29, 0.717) is 5.56 Å². The molecule has 90 valence electrons. The van der Waals surface area contributed by atoms with Crippen LogP contribution in [0.4, 0.5) is 0 Å². The summed E-state index contributed by atoms with van der Waals surface area (Å²) in [4.78, 5) is 22.6. The van der Waals surface area contributed by atoms with Crippen LogP contribution in [-0.2, 0) is 0 Å². The molecule has 19 heavy (non-hydrogen) atoms. The van der Waals surface area contributed by atoms with Crippen LogP contribution in [0.1, 0.15) is 20.7 Å². The van der Waals surface area contributed by atoms with Gasteiger partial charge in [0.2, 0.25) is 0 Å². The second-order valence-electron chi connectivity index (χ2n) is 3.54. The molecule has 2 aromatic rings. The van der Waals surface area contributed by atoms with Crippen molar-refractivity contribution in [1.82, 2.24) is 0 Å². The molecule has 0 bridgehead atoms. The van der Waals surface area contributed by atoms with Gasteiger partial charge in [-0.05, 0) is 24.3 Å². The Morgan fingerprint density at radius 1 is 0.895 bits per heavy atom. The van der Waals surface area contributed by atoms with Crippen LogP contribution in [0.3, 0.4) is 0 Å². The van der Waals surface area contributed by atoms with Crippen molar-refractivity contribution >= 4 is 11.9 Å². The van der Waals surface area contributed by atoms with Crippen LogP contribution in [0.2, 0.25) is 0 Å². The van der Waals surface area contributed by atoms with E-state index < -0.39 is 11.9 Å². The molecule has 5 heteroatoms. The Bertz CT molecular complexity index is 581. The van der Waals surface area contributed by atoms with E-state index in [1.165, 1.54) is 18.2 Å². The smallest absolute Gasteiger partial charge is 0.545 e. The van der Waals surface area contributed by atoms with Crippen LogP contribution in [-0.4, -0.2) is 11.9 Å². The number of hydrogen-bond acceptors (Lipinski definition) is 4. The second kappa shape index (κ2) is 7.57. The summed E-state index contributed by atoms with van der Waals surface area (Å²) in [6, 6.07) is 14.2. The van der Waals surface area contributed by atoms with Crippen molar-refractivity contribution in [1.29, 1.82) is 0 Å². The number of rotatable bonds is 3. The normalized spacial score (nSPS) is 9.26. The molecule has 0 unspecified atom stereocenters. The van der Waals surface area contributed by atoms with Crippen molar-refractivity contribution < 1.29 is 70.8 Å². The molecule has 0 aromatic heterocycles. The Balaban J connectivity index is 0.00000180. The Kier molecular flexibility index (Phi) is 6.40. The second-order valence-corrected chi connectivity index (χ2v) is 3.54. The van der Waals surface area contributed by atoms with Crippen LogP contribution < -0.4 is 61.2 Å². The maximum absolute atomic E-state index is 11.8. The predicted octanol–water partition coefficient (Wildman–Crippen LogP) is -1.73. The number of benzene rings is 2. The maximum atomic E-state index is 11.8. The molecule has 0 heterocycles. The molecule has 2 aromatic carbocycles. The number of hydrogen-bond donors (Lipinski definition) is 0. The number of esters is 1. The minimum absolute atomic E-state index is 0. The summed E-state index contributed by atoms with van der Waals surface area (Å²) < 4.78 is 5.03. The summed E-state index contributed by atoms with van der Waals surface area (Å²) in [5, 5.41) is 10.8. The molecular formula is C14H9KO4. The van der Waals surface area contributed by atoms with Crippen molar-refractivity contribution in [3.63, 3.8) is 0 Å². The summed E-state index contributed by atoms with van der Waals surface area (Å²) >= 11 is 0. The van der Waals surface area contributed by atoms with E-state index in [1.54, 1.807) is 36.4 Å². The molecule has 0 fully saturated rings. The van der Waals surface area contributed by atoms with Crippen LogP contribution in [0.15, 0.2) is 54.6 Å². The van der Waals surface area contributed by atoms with Crippen LogP contribution in [0.25, 0.3) is 0 Å². The summed E-state index contributed by atoms with van der Waals surface area (Å²) in [7, 11) is 0. The van der Waals surface area contributed by atoms with Crippen molar-refractivity contribution in [2.75, 3.05) is 0 Å². The number of carboxylic acid groups (broad SMARTS) is 1. The number of para-hydroxylation sites is 1. The van der Waals surface area contributed by atoms with Gasteiger partial charge in [-0.25, -0.2) is 4.79 Å². The van der Waals surface area contributed by atoms with E-state index in [9.17, 15) is 14.7 Å². The Labute approximate surface area is 152 Å². The monoisotopic (exact) mass is 280 g/mol. The van der Waals surface area contributed by atoms with Crippen LogP contribution >= 0.6 is 0 Å². The molecule has 0 aliphatic rings. The van der Waals surface area contributed by atoms with E-state index >= 15 is 0 Å². The first-order valence-electron chi connectivity index (χ1n) is 5.26. The van der Waals surface area contributed by atoms with Crippen molar-refractivity contribution in [2.24, 2.45) is 0 Å². The van der Waals surface area contributed by atoms with E-state index in [2.05, 4.69) is 0 Å². The third-order valence-corrected chi connectivity index (χ3v) is 2.32. The van der Waals surface area contributed by atoms with Crippen molar-refractivity contribution in [3.8, 4) is 5.75 Å². The first kappa shape index (κ1) is 16.1. The summed E-state index contributed by atoms with van der Waals surface area (Å²) in [5.74, 6) is -2.01. The molecule has 0 aliphatic heterocycles. The van der Waals surface area contributed by atoms with Gasteiger partial charge in [0.25, 0.3) is 0 Å². The minimum atomic E-state index is -1.38. The topological polar surface area (TPSA) is 66.4 Å². The third-order valence-electron chi connectivity index (χ3n) is 2.32. The van der Waals surface area contributed by atoms with Crippen LogP contribution in [0.5, 0.6) is 5.75 Å². The fourth-order valence-corrected chi connectivity index (χ4v) is 1.46. The SMILES string of the molecule is O=C(Oc1ccccc1C(=O)[O-])c1ccccc1.[K+]. The van der Waals surface area contributed by atoms with Gasteiger partial charge in [0.15, 0.2) is 0 Å². The Morgan fingerprint density at radius 3 is 2.11 bits per heavy atom. The first-order chi connectivity index (χ1) is 8.68. The average molecular weight is 280 g/mol. The average Bonchev–Trinajstić information content (AvgIpc) is 2.40. The van der Waals surface area contributed by atoms with Gasteiger partial charge >= 0.3 is 57.4 Å². The summed E-state index contributed by atoms with van der Waals surface area (Å²) in [5.41, 5.74) is 0.201. The largest absolute Gasteiger partial charge is 1.00 e. The van der Waals surface area contributed by atoms with Gasteiger partial charge in [0.1, 0.15) is 5.75 Å². The van der Waals surface area contributed by atoms with Crippen LogP contribution in [0, 0.1) is 0 Å². The Morgan fingerprint density at radius 2 is 1.47 bits per heavy atom. The van der Waals surface area contributed by atoms with E-state index in [4.69, 9.17) is 4.74 Å². The quantitative estimate of drug-likeness (QED) is 0.381. The zero-order chi connectivity index (χ0) is 13.0. The molecule has 4 nitrogen and oxygen atoms in total. The third kappa shape index (κ3) is 4.26. The number of carbonyl (C=O) groups is 2. The van der Waals surface area contributed by atoms with Crippen molar-refractivity contribution in [2.45, 2.75) is 0 Å². The predicted molar refractivity (Wildman–Crippen MR) is 62.2 cm³/mol. The molecule has 0 N–H and O–H groups in total. The zero-order valence-electron chi connectivity index (χ0n) is 10.3. The van der Waals surface area contributed by atoms with E-state index in [1.807, 2.05) is 0 Å². The minimum Gasteiger partial charge on any atom is -0.545 e. The molecule has 2 rings (SSSR count). The molecule has 0 saturated carbocycles. The van der Waals surface area contributed by atoms with Gasteiger partial charge in [0, 0.05) is 5.56 Å². The maximum Gasteiger partial charge on any atom is 1.00 e. The van der Waals surface area contributed by atoms with Gasteiger partial charge in [0.05, 0.1) is 11.5 Å². The summed E-state index contributed by atoms with van der Waals surface area (Å²) in [6.07, 6.45) is 0. The molecule has 0 amide bonds. The molecule has 0 radical (unpaired) electrons. The molecular weight excluding hydrogens is 271 g/mol. The molecule has 0 saturated heterocycles. The number of carboxylic acids is 1. The molecule has 0 spiro atoms. The molecule has 0 atom stereocenters. The van der Waals surface area contributed by atoms with Crippen molar-refractivity contribution in [3.05, 3.63) is 65.7 Å². The number of ether oxygens (including phenoxy) is 1. The van der Waals surface area contributed by atoms with Gasteiger partial charge in [-0.15, -0.1) is 0 Å². The summed E-state index contributed by atoms with van der Waals surface area (Å²) in [6.45, 7) is 0. The first-order valence-corrected chi connectivity index (χ1v) is 5.26. The van der Waals surface area contributed by atoms with Gasteiger partial charge in [-0.1, -0.05) is 30.3 Å². The number of aromatic carboxylic acids is 1. The van der Waals surface area contributed by atoms with Gasteiger partial charge < -0.3 is 14.6 Å². The number of carbonyl (C=O) groups excluding carboxylic acids is 2. The van der Waals surface area contributed by atoms with E-state index in [-0.39, 0.29) is 62.7 Å². The van der Waals surface area contributed by atoms with Gasteiger partial charge in [-0.2, -0.15) is 0 Å². The Hall–Kier alpha value is -0.984. The fraction of sp³-hybridized carbons (Fsp3) is 0. The van der Waals surface area contributed by atoms with E-state index in [0.717, 1.165) is 0 Å². The standard InChI is InChI=1S/C14H10O4.K/c15-13(16)11-8-4-5-9-12(11)18-14(17)10-6-2-1-3-7-10;/h1-9H,(H,15,16);/q;+1/p-1.